The van der Waals surface area contributed by atoms with Gasteiger partial charge >= 0.3 is 0 Å². The molecule has 0 unspecified atom stereocenters. The van der Waals surface area contributed by atoms with Crippen LogP contribution in [0, 0.1) is 6.92 Å². The molecular weight excluding hydrogens is 388 g/mol. The minimum atomic E-state index is 0.682. The first-order valence-electron chi connectivity index (χ1n) is 10.1. The van der Waals surface area contributed by atoms with Crippen LogP contribution in [-0.4, -0.2) is 27.3 Å². The number of hydrogen-bond acceptors (Lipinski definition) is 7. The van der Waals surface area contributed by atoms with Crippen molar-refractivity contribution in [2.45, 2.75) is 20.3 Å². The van der Waals surface area contributed by atoms with E-state index in [1.807, 2.05) is 55.5 Å². The lowest BCUT2D eigenvalue weighted by atomic mass is 10.1. The van der Waals surface area contributed by atoms with Crippen LogP contribution >= 0.6 is 0 Å². The zero-order valence-corrected chi connectivity index (χ0v) is 17.8. The lowest BCUT2D eigenvalue weighted by Crippen LogP contribution is -2.01. The standard InChI is InChI=1S/C24H24N6O/c1-4-17-5-8-19(27-24-13-16(2)25-15-26-24)14-22(17)28-23-12-11-21(29-30-23)18-6-9-20(31-3)10-7-18/h5-15H,4H2,1-3H3,(H,28,30)(H,25,26,27). The van der Waals surface area contributed by atoms with Crippen molar-refractivity contribution in [1.29, 1.82) is 0 Å². The Labute approximate surface area is 181 Å². The van der Waals surface area contributed by atoms with E-state index >= 15 is 0 Å². The van der Waals surface area contributed by atoms with E-state index in [1.165, 1.54) is 5.56 Å². The van der Waals surface area contributed by atoms with E-state index in [9.17, 15) is 0 Å². The Bertz CT molecular complexity index is 1160. The van der Waals surface area contributed by atoms with Crippen molar-refractivity contribution in [2.75, 3.05) is 17.7 Å². The third-order valence-corrected chi connectivity index (χ3v) is 4.88. The van der Waals surface area contributed by atoms with Crippen LogP contribution in [-0.2, 0) is 6.42 Å². The van der Waals surface area contributed by atoms with Crippen LogP contribution in [0.1, 0.15) is 18.2 Å². The maximum absolute atomic E-state index is 5.21. The molecule has 31 heavy (non-hydrogen) atoms. The van der Waals surface area contributed by atoms with Gasteiger partial charge in [-0.1, -0.05) is 13.0 Å². The second-order valence-corrected chi connectivity index (χ2v) is 7.05. The summed E-state index contributed by atoms with van der Waals surface area (Å²) in [5.74, 6) is 2.25. The highest BCUT2D eigenvalue weighted by Gasteiger charge is 2.07. The van der Waals surface area contributed by atoms with Gasteiger partial charge in [0, 0.05) is 28.7 Å². The summed E-state index contributed by atoms with van der Waals surface area (Å²) in [6.45, 7) is 4.06. The van der Waals surface area contributed by atoms with Gasteiger partial charge in [-0.3, -0.25) is 0 Å². The number of aromatic nitrogens is 4. The number of methoxy groups -OCH3 is 1. The summed E-state index contributed by atoms with van der Waals surface area (Å²) in [7, 11) is 1.65. The van der Waals surface area contributed by atoms with Crippen molar-refractivity contribution in [3.05, 3.63) is 78.2 Å². The third-order valence-electron chi connectivity index (χ3n) is 4.88. The quantitative estimate of drug-likeness (QED) is 0.426. The summed E-state index contributed by atoms with van der Waals surface area (Å²) in [5, 5.41) is 15.4. The third kappa shape index (κ3) is 4.95. The number of ether oxygens (including phenoxy) is 1. The van der Waals surface area contributed by atoms with Gasteiger partial charge in [-0.15, -0.1) is 10.2 Å². The molecule has 0 fully saturated rings. The first-order chi connectivity index (χ1) is 15.1. The molecule has 4 aromatic rings. The summed E-state index contributed by atoms with van der Waals surface area (Å²) < 4.78 is 5.21. The van der Waals surface area contributed by atoms with Gasteiger partial charge in [0.25, 0.3) is 0 Å². The average molecular weight is 412 g/mol. The van der Waals surface area contributed by atoms with Crippen LogP contribution in [0.3, 0.4) is 0 Å². The molecule has 0 atom stereocenters. The normalized spacial score (nSPS) is 10.5. The van der Waals surface area contributed by atoms with Crippen molar-refractivity contribution in [2.24, 2.45) is 0 Å². The van der Waals surface area contributed by atoms with Crippen LogP contribution in [0.5, 0.6) is 5.75 Å². The Morgan fingerprint density at radius 3 is 2.35 bits per heavy atom. The Kier molecular flexibility index (Phi) is 6.03. The van der Waals surface area contributed by atoms with Crippen LogP contribution in [0.15, 0.2) is 67.0 Å². The van der Waals surface area contributed by atoms with Crippen molar-refractivity contribution in [3.8, 4) is 17.0 Å². The van der Waals surface area contributed by atoms with Gasteiger partial charge in [0.1, 0.15) is 17.9 Å². The molecule has 2 aromatic heterocycles. The van der Waals surface area contributed by atoms with E-state index in [0.29, 0.717) is 5.82 Å². The van der Waals surface area contributed by atoms with Gasteiger partial charge in [0.2, 0.25) is 0 Å². The molecule has 0 aliphatic heterocycles. The molecule has 0 spiro atoms. The van der Waals surface area contributed by atoms with E-state index in [0.717, 1.165) is 46.3 Å². The Morgan fingerprint density at radius 1 is 0.839 bits per heavy atom. The fourth-order valence-electron chi connectivity index (χ4n) is 3.20. The molecule has 0 radical (unpaired) electrons. The number of nitrogens with one attached hydrogen (secondary N) is 2. The minimum absolute atomic E-state index is 0.682. The van der Waals surface area contributed by atoms with Gasteiger partial charge in [-0.05, 0) is 67.4 Å². The molecule has 0 saturated carbocycles. The summed E-state index contributed by atoms with van der Waals surface area (Å²) in [5.41, 5.74) is 5.79. The highest BCUT2D eigenvalue weighted by Crippen LogP contribution is 2.27. The number of anilines is 4. The SMILES string of the molecule is CCc1ccc(Nc2cc(C)ncn2)cc1Nc1ccc(-c2ccc(OC)cc2)nn1. The first-order valence-corrected chi connectivity index (χ1v) is 10.1. The minimum Gasteiger partial charge on any atom is -0.497 e. The molecule has 4 rings (SSSR count). The average Bonchev–Trinajstić information content (AvgIpc) is 2.80. The Morgan fingerprint density at radius 2 is 1.68 bits per heavy atom. The molecule has 7 nitrogen and oxygen atoms in total. The predicted molar refractivity (Wildman–Crippen MR) is 123 cm³/mol. The summed E-state index contributed by atoms with van der Waals surface area (Å²) >= 11 is 0. The van der Waals surface area contributed by atoms with Crippen molar-refractivity contribution < 1.29 is 4.74 Å². The second kappa shape index (κ2) is 9.21. The van der Waals surface area contributed by atoms with E-state index in [2.05, 4.69) is 49.9 Å². The van der Waals surface area contributed by atoms with E-state index < -0.39 is 0 Å². The van der Waals surface area contributed by atoms with Crippen LogP contribution in [0.2, 0.25) is 0 Å². The number of hydrogen-bond donors (Lipinski definition) is 2. The molecule has 7 heteroatoms. The Hall–Kier alpha value is -4.00. The van der Waals surface area contributed by atoms with Crippen LogP contribution in [0.4, 0.5) is 23.0 Å². The summed E-state index contributed by atoms with van der Waals surface area (Å²) in [4.78, 5) is 8.40. The molecule has 2 aromatic carbocycles. The number of benzene rings is 2. The van der Waals surface area contributed by atoms with Crippen LogP contribution in [0.25, 0.3) is 11.3 Å². The molecule has 0 amide bonds. The fraction of sp³-hybridized carbons (Fsp3) is 0.167. The molecule has 2 N–H and O–H groups in total. The topological polar surface area (TPSA) is 84.9 Å². The molecule has 0 bridgehead atoms. The molecule has 0 aliphatic carbocycles. The van der Waals surface area contributed by atoms with Gasteiger partial charge in [-0.25, -0.2) is 9.97 Å². The lowest BCUT2D eigenvalue weighted by molar-refractivity contribution is 0.415. The highest BCUT2D eigenvalue weighted by molar-refractivity contribution is 5.70. The van der Waals surface area contributed by atoms with Gasteiger partial charge in [-0.2, -0.15) is 0 Å². The number of aryl methyl sites for hydroxylation is 2. The van der Waals surface area contributed by atoms with E-state index in [4.69, 9.17) is 4.74 Å². The zero-order valence-electron chi connectivity index (χ0n) is 17.8. The van der Waals surface area contributed by atoms with Crippen molar-refractivity contribution in [1.82, 2.24) is 20.2 Å². The van der Waals surface area contributed by atoms with Crippen molar-refractivity contribution >= 4 is 23.0 Å². The number of rotatable bonds is 7. The smallest absolute Gasteiger partial charge is 0.153 e. The largest absolute Gasteiger partial charge is 0.497 e. The number of nitrogens with zero attached hydrogens (tertiary/aromatic N) is 4. The molecule has 2 heterocycles. The van der Waals surface area contributed by atoms with Crippen molar-refractivity contribution in [3.63, 3.8) is 0 Å². The predicted octanol–water partition coefficient (Wildman–Crippen LogP) is 5.30. The summed E-state index contributed by atoms with van der Waals surface area (Å²) in [6.07, 6.45) is 2.45. The zero-order chi connectivity index (χ0) is 21.6. The molecule has 0 aliphatic rings. The van der Waals surface area contributed by atoms with Gasteiger partial charge in [0.05, 0.1) is 12.8 Å². The second-order valence-electron chi connectivity index (χ2n) is 7.05. The molecule has 0 saturated heterocycles. The highest BCUT2D eigenvalue weighted by atomic mass is 16.5. The lowest BCUT2D eigenvalue weighted by Gasteiger charge is -2.13. The maximum Gasteiger partial charge on any atom is 0.153 e. The van der Waals surface area contributed by atoms with Gasteiger partial charge in [0.15, 0.2) is 5.82 Å². The fourth-order valence-corrected chi connectivity index (χ4v) is 3.20. The van der Waals surface area contributed by atoms with Crippen LogP contribution < -0.4 is 15.4 Å². The monoisotopic (exact) mass is 412 g/mol. The first kappa shape index (κ1) is 20.3. The Balaban J connectivity index is 1.53. The van der Waals surface area contributed by atoms with E-state index in [1.54, 1.807) is 13.4 Å². The van der Waals surface area contributed by atoms with E-state index in [-0.39, 0.29) is 0 Å². The molecular formula is C24H24N6O. The molecule has 156 valence electrons. The van der Waals surface area contributed by atoms with Gasteiger partial charge < -0.3 is 15.4 Å². The maximum atomic E-state index is 5.21. The summed E-state index contributed by atoms with van der Waals surface area (Å²) in [6, 6.07) is 19.7.